The second kappa shape index (κ2) is 8.17. The topological polar surface area (TPSA) is 41.5 Å². The lowest BCUT2D eigenvalue weighted by Crippen LogP contribution is -2.47. The molecule has 1 fully saturated rings. The van der Waals surface area contributed by atoms with Crippen molar-refractivity contribution in [3.8, 4) is 0 Å². The summed E-state index contributed by atoms with van der Waals surface area (Å²) in [5.41, 5.74) is 2.32. The van der Waals surface area contributed by atoms with Crippen molar-refractivity contribution in [2.75, 3.05) is 36.0 Å². The van der Waals surface area contributed by atoms with Gasteiger partial charge in [-0.2, -0.15) is 0 Å². The van der Waals surface area contributed by atoms with Crippen molar-refractivity contribution in [1.82, 2.24) is 9.97 Å². The van der Waals surface area contributed by atoms with Gasteiger partial charge in [0.05, 0.1) is 23.8 Å². The van der Waals surface area contributed by atoms with Crippen molar-refractivity contribution in [2.45, 2.75) is 45.5 Å². The molecule has 0 spiro atoms. The van der Waals surface area contributed by atoms with Gasteiger partial charge in [0.2, 0.25) is 0 Å². The predicted octanol–water partition coefficient (Wildman–Crippen LogP) is 4.46. The van der Waals surface area contributed by atoms with Crippen LogP contribution in [0.1, 0.15) is 26.3 Å². The monoisotopic (exact) mass is 402 g/mol. The van der Waals surface area contributed by atoms with E-state index in [9.17, 15) is 0 Å². The van der Waals surface area contributed by atoms with Crippen LogP contribution in [-0.2, 0) is 11.0 Å². The van der Waals surface area contributed by atoms with Crippen LogP contribution in [0.2, 0.25) is 18.1 Å². The molecular formula is C21H31FN4OSi-. The van der Waals surface area contributed by atoms with Crippen LogP contribution >= 0.6 is 0 Å². The molecule has 0 N–H and O–H groups in total. The minimum absolute atomic E-state index is 0.110. The summed E-state index contributed by atoms with van der Waals surface area (Å²) in [5, 5.41) is 0.110. The first-order valence-electron chi connectivity index (χ1n) is 9.85. The molecule has 5 nitrogen and oxygen atoms in total. The van der Waals surface area contributed by atoms with Crippen LogP contribution in [0, 0.1) is 5.82 Å². The summed E-state index contributed by atoms with van der Waals surface area (Å²) in [6, 6.07) is 5.64. The molecule has 28 heavy (non-hydrogen) atoms. The number of aromatic nitrogens is 2. The number of halogens is 1. The van der Waals surface area contributed by atoms with E-state index in [0.29, 0.717) is 17.9 Å². The molecule has 1 aliphatic rings. The Morgan fingerprint density at radius 1 is 1.04 bits per heavy atom. The molecule has 0 radical (unpaired) electrons. The highest BCUT2D eigenvalue weighted by Crippen LogP contribution is 2.37. The first-order valence-corrected chi connectivity index (χ1v) is 12.8. The Balaban J connectivity index is 1.67. The van der Waals surface area contributed by atoms with E-state index in [-0.39, 0.29) is 10.9 Å². The van der Waals surface area contributed by atoms with Gasteiger partial charge >= 0.3 is 0 Å². The van der Waals surface area contributed by atoms with Gasteiger partial charge in [0.25, 0.3) is 0 Å². The summed E-state index contributed by atoms with van der Waals surface area (Å²) in [4.78, 5) is 12.5. The molecule has 3 rings (SSSR count). The van der Waals surface area contributed by atoms with Crippen LogP contribution < -0.4 is 9.80 Å². The lowest BCUT2D eigenvalue weighted by atomic mass is 10.1. The minimum Gasteiger partial charge on any atom is -0.561 e. The summed E-state index contributed by atoms with van der Waals surface area (Å²) in [6.45, 7) is 14.5. The highest BCUT2D eigenvalue weighted by molar-refractivity contribution is 6.74. The molecule has 0 atom stereocenters. The Hall–Kier alpha value is -1.99. The fraction of sp³-hybridized carbons (Fsp3) is 0.524. The van der Waals surface area contributed by atoms with Gasteiger partial charge in [0.15, 0.2) is 5.82 Å². The Labute approximate surface area is 168 Å². The van der Waals surface area contributed by atoms with Gasteiger partial charge in [-0.05, 0) is 14.4 Å². The molecule has 7 heteroatoms. The van der Waals surface area contributed by atoms with Gasteiger partial charge in [0, 0.05) is 38.3 Å². The van der Waals surface area contributed by atoms with Gasteiger partial charge in [0.1, 0.15) is 6.33 Å². The zero-order valence-electron chi connectivity index (χ0n) is 17.6. The zero-order valence-corrected chi connectivity index (χ0v) is 18.6. The van der Waals surface area contributed by atoms with E-state index in [1.807, 2.05) is 30.6 Å². The molecule has 0 bridgehead atoms. The van der Waals surface area contributed by atoms with Crippen LogP contribution in [-0.4, -0.2) is 44.5 Å². The quantitative estimate of drug-likeness (QED) is 0.691. The van der Waals surface area contributed by atoms with Crippen LogP contribution in [0.15, 0.2) is 36.9 Å². The molecule has 0 amide bonds. The minimum atomic E-state index is -1.91. The molecule has 2 aromatic rings. The molecule has 0 saturated carbocycles. The van der Waals surface area contributed by atoms with Crippen molar-refractivity contribution >= 4 is 19.7 Å². The number of hydrogen-bond donors (Lipinski definition) is 0. The number of benzene rings is 1. The average molecular weight is 403 g/mol. The van der Waals surface area contributed by atoms with Crippen molar-refractivity contribution in [1.29, 1.82) is 0 Å². The van der Waals surface area contributed by atoms with E-state index >= 15 is 4.39 Å². The molecule has 1 aliphatic heterocycles. The fourth-order valence-electron chi connectivity index (χ4n) is 3.06. The van der Waals surface area contributed by atoms with E-state index in [0.717, 1.165) is 31.9 Å². The third-order valence-corrected chi connectivity index (χ3v) is 10.5. The highest BCUT2D eigenvalue weighted by Gasteiger charge is 2.26. The van der Waals surface area contributed by atoms with E-state index in [4.69, 9.17) is 4.43 Å². The van der Waals surface area contributed by atoms with Crippen molar-refractivity contribution in [3.05, 3.63) is 48.3 Å². The highest BCUT2D eigenvalue weighted by atomic mass is 28.4. The lowest BCUT2D eigenvalue weighted by Gasteiger charge is -2.48. The maximum atomic E-state index is 15.2. The third kappa shape index (κ3) is 4.52. The van der Waals surface area contributed by atoms with Gasteiger partial charge in [-0.3, -0.25) is 0 Å². The van der Waals surface area contributed by atoms with Crippen molar-refractivity contribution in [2.24, 2.45) is 0 Å². The first-order chi connectivity index (χ1) is 13.2. The van der Waals surface area contributed by atoms with Crippen LogP contribution in [0.5, 0.6) is 0 Å². The molecule has 1 aromatic heterocycles. The summed E-state index contributed by atoms with van der Waals surface area (Å²) < 4.78 is 21.4. The summed E-state index contributed by atoms with van der Waals surface area (Å²) in [7, 11) is -1.91. The molecule has 0 unspecified atom stereocenters. The van der Waals surface area contributed by atoms with Gasteiger partial charge < -0.3 is 14.2 Å². The van der Waals surface area contributed by atoms with Gasteiger partial charge in [-0.1, -0.05) is 32.9 Å². The second-order valence-electron chi connectivity index (χ2n) is 8.87. The van der Waals surface area contributed by atoms with Gasteiger partial charge in [-0.25, -0.2) is 14.4 Å². The SMILES string of the molecule is CC(C)(C)[Si-](C)(C)OCc1cccc(N2CCN(c3cncnc3)CC2)c1F. The molecule has 1 aromatic carbocycles. The largest absolute Gasteiger partial charge is 0.561 e. The number of piperazine rings is 1. The number of rotatable bonds is 5. The van der Waals surface area contributed by atoms with E-state index < -0.39 is 8.32 Å². The molecule has 2 heterocycles. The van der Waals surface area contributed by atoms with Crippen LogP contribution in [0.3, 0.4) is 0 Å². The molecule has 1 saturated heterocycles. The van der Waals surface area contributed by atoms with Crippen molar-refractivity contribution in [3.63, 3.8) is 0 Å². The number of hydrogen-bond acceptors (Lipinski definition) is 5. The summed E-state index contributed by atoms with van der Waals surface area (Å²) >= 11 is 0. The first kappa shape index (κ1) is 20.7. The Bertz CT molecular complexity index is 787. The maximum Gasteiger partial charge on any atom is 0.151 e. The smallest absolute Gasteiger partial charge is 0.151 e. The van der Waals surface area contributed by atoms with E-state index in [1.54, 1.807) is 0 Å². The fourth-order valence-corrected chi connectivity index (χ4v) is 4.01. The second-order valence-corrected chi connectivity index (χ2v) is 13.7. The standard InChI is InChI=1S/C21H31FN4OSi/c1-21(2,3)28(4,5)27-15-17-7-6-8-19(20(17)22)26-11-9-25(10-12-26)18-13-23-16-24-14-18/h6-8,13-14,16H,9-12,15H2,1-5H3/q-1. The van der Waals surface area contributed by atoms with Crippen molar-refractivity contribution < 1.29 is 8.82 Å². The van der Waals surface area contributed by atoms with E-state index in [1.165, 1.54) is 6.33 Å². The maximum absolute atomic E-state index is 15.2. The predicted molar refractivity (Wildman–Crippen MR) is 115 cm³/mol. The zero-order chi connectivity index (χ0) is 20.4. The summed E-state index contributed by atoms with van der Waals surface area (Å²) in [6.07, 6.45) is 5.18. The Kier molecular flexibility index (Phi) is 6.05. The number of nitrogens with zero attached hydrogens (tertiary/aromatic N) is 4. The Morgan fingerprint density at radius 2 is 1.64 bits per heavy atom. The van der Waals surface area contributed by atoms with Crippen LogP contribution in [0.25, 0.3) is 0 Å². The average Bonchev–Trinajstić information content (AvgIpc) is 2.67. The van der Waals surface area contributed by atoms with Crippen LogP contribution in [0.4, 0.5) is 15.8 Å². The molecule has 153 valence electrons. The lowest BCUT2D eigenvalue weighted by molar-refractivity contribution is 0.271. The number of anilines is 2. The molecule has 0 aliphatic carbocycles. The molecular weight excluding hydrogens is 371 g/mol. The summed E-state index contributed by atoms with van der Waals surface area (Å²) in [5.74, 6) is -0.155. The Morgan fingerprint density at radius 3 is 2.25 bits per heavy atom. The van der Waals surface area contributed by atoms with E-state index in [2.05, 4.69) is 53.6 Å². The normalized spacial score (nSPS) is 15.8. The van der Waals surface area contributed by atoms with Gasteiger partial charge in [-0.15, -0.1) is 18.1 Å². The third-order valence-electron chi connectivity index (χ3n) is 5.99.